The molecule has 0 amide bonds. The van der Waals surface area contributed by atoms with Crippen LogP contribution in [0.1, 0.15) is 29.9 Å². The standard InChI is InChI=1S/C13H18NO/c1-10-9-12(3-4-13(10)15-2)11-5-7-14-8-6-11/h3-4,9,11H,5-8H2,1-2H3. The second kappa shape index (κ2) is 4.67. The van der Waals surface area contributed by atoms with Crippen molar-refractivity contribution in [2.75, 3.05) is 20.2 Å². The van der Waals surface area contributed by atoms with E-state index >= 15 is 0 Å². The summed E-state index contributed by atoms with van der Waals surface area (Å²) in [6.45, 7) is 4.15. The summed E-state index contributed by atoms with van der Waals surface area (Å²) in [6, 6.07) is 6.53. The lowest BCUT2D eigenvalue weighted by Crippen LogP contribution is -2.21. The number of hydrogen-bond acceptors (Lipinski definition) is 1. The van der Waals surface area contributed by atoms with Gasteiger partial charge in [0.1, 0.15) is 5.75 Å². The lowest BCUT2D eigenvalue weighted by Gasteiger charge is -2.22. The van der Waals surface area contributed by atoms with Crippen LogP contribution in [0.2, 0.25) is 0 Å². The molecule has 1 aromatic carbocycles. The van der Waals surface area contributed by atoms with Crippen molar-refractivity contribution in [2.45, 2.75) is 25.7 Å². The van der Waals surface area contributed by atoms with Crippen LogP contribution in [-0.2, 0) is 0 Å². The van der Waals surface area contributed by atoms with Crippen LogP contribution in [0.5, 0.6) is 5.75 Å². The van der Waals surface area contributed by atoms with Crippen LogP contribution in [0.15, 0.2) is 18.2 Å². The molecule has 0 saturated carbocycles. The third-order valence-corrected chi connectivity index (χ3v) is 3.16. The fourth-order valence-corrected chi connectivity index (χ4v) is 2.24. The van der Waals surface area contributed by atoms with Gasteiger partial charge in [0.25, 0.3) is 0 Å². The summed E-state index contributed by atoms with van der Waals surface area (Å²) in [5.41, 5.74) is 2.68. The first-order chi connectivity index (χ1) is 7.31. The summed E-state index contributed by atoms with van der Waals surface area (Å²) in [7, 11) is 1.72. The van der Waals surface area contributed by atoms with Gasteiger partial charge >= 0.3 is 0 Å². The van der Waals surface area contributed by atoms with E-state index in [1.54, 1.807) is 7.11 Å². The molecule has 1 aliphatic heterocycles. The van der Waals surface area contributed by atoms with Crippen molar-refractivity contribution in [2.24, 2.45) is 0 Å². The van der Waals surface area contributed by atoms with Gasteiger partial charge in [-0.25, -0.2) is 5.32 Å². The van der Waals surface area contributed by atoms with Crippen LogP contribution in [-0.4, -0.2) is 20.2 Å². The predicted octanol–water partition coefficient (Wildman–Crippen LogP) is 2.49. The monoisotopic (exact) mass is 204 g/mol. The van der Waals surface area contributed by atoms with E-state index in [4.69, 9.17) is 4.74 Å². The minimum Gasteiger partial charge on any atom is -0.496 e. The highest BCUT2D eigenvalue weighted by atomic mass is 16.5. The first-order valence-electron chi connectivity index (χ1n) is 5.59. The van der Waals surface area contributed by atoms with E-state index in [9.17, 15) is 0 Å². The summed E-state index contributed by atoms with van der Waals surface area (Å²) in [5, 5.41) is 4.38. The topological polar surface area (TPSA) is 23.3 Å². The molecular weight excluding hydrogens is 186 g/mol. The van der Waals surface area contributed by atoms with Crippen molar-refractivity contribution in [1.29, 1.82) is 0 Å². The summed E-state index contributed by atoms with van der Waals surface area (Å²) in [5.74, 6) is 1.69. The lowest BCUT2D eigenvalue weighted by molar-refractivity contribution is 0.410. The summed E-state index contributed by atoms with van der Waals surface area (Å²) < 4.78 is 5.27. The van der Waals surface area contributed by atoms with Crippen LogP contribution < -0.4 is 10.1 Å². The van der Waals surface area contributed by atoms with Crippen LogP contribution in [0.4, 0.5) is 0 Å². The van der Waals surface area contributed by atoms with E-state index in [1.807, 2.05) is 0 Å². The Hall–Kier alpha value is -1.02. The maximum Gasteiger partial charge on any atom is 0.121 e. The Labute approximate surface area is 91.6 Å². The Kier molecular flexibility index (Phi) is 3.27. The van der Waals surface area contributed by atoms with E-state index in [2.05, 4.69) is 30.4 Å². The molecule has 0 spiro atoms. The van der Waals surface area contributed by atoms with Crippen LogP contribution >= 0.6 is 0 Å². The minimum absolute atomic E-state index is 0.701. The van der Waals surface area contributed by atoms with Gasteiger partial charge in [0.15, 0.2) is 0 Å². The van der Waals surface area contributed by atoms with Gasteiger partial charge in [0.2, 0.25) is 0 Å². The van der Waals surface area contributed by atoms with Crippen molar-refractivity contribution in [3.05, 3.63) is 29.3 Å². The molecule has 0 bridgehead atoms. The molecule has 2 nitrogen and oxygen atoms in total. The van der Waals surface area contributed by atoms with Crippen LogP contribution in [0.3, 0.4) is 0 Å². The molecule has 2 rings (SSSR count). The van der Waals surface area contributed by atoms with E-state index in [1.165, 1.54) is 24.0 Å². The van der Waals surface area contributed by atoms with Crippen LogP contribution in [0.25, 0.3) is 0 Å². The Bertz CT molecular complexity index is 329. The average Bonchev–Trinajstić information content (AvgIpc) is 2.30. The van der Waals surface area contributed by atoms with Gasteiger partial charge in [0, 0.05) is 13.1 Å². The molecule has 1 aliphatic rings. The molecule has 1 heterocycles. The Morgan fingerprint density at radius 3 is 2.60 bits per heavy atom. The summed E-state index contributed by atoms with van der Waals surface area (Å²) in [6.07, 6.45) is 2.40. The molecule has 1 saturated heterocycles. The zero-order chi connectivity index (χ0) is 10.7. The van der Waals surface area contributed by atoms with Gasteiger partial charge in [0.05, 0.1) is 7.11 Å². The summed E-state index contributed by atoms with van der Waals surface area (Å²) in [4.78, 5) is 0. The number of methoxy groups -OCH3 is 1. The maximum absolute atomic E-state index is 5.27. The zero-order valence-corrected chi connectivity index (χ0v) is 9.49. The van der Waals surface area contributed by atoms with Crippen molar-refractivity contribution in [1.82, 2.24) is 5.32 Å². The molecule has 0 aliphatic carbocycles. The molecule has 0 unspecified atom stereocenters. The van der Waals surface area contributed by atoms with E-state index in [-0.39, 0.29) is 0 Å². The van der Waals surface area contributed by atoms with E-state index in [0.717, 1.165) is 18.8 Å². The van der Waals surface area contributed by atoms with Crippen molar-refractivity contribution in [3.63, 3.8) is 0 Å². The quantitative estimate of drug-likeness (QED) is 0.726. The summed E-state index contributed by atoms with van der Waals surface area (Å²) >= 11 is 0. The average molecular weight is 204 g/mol. The molecule has 81 valence electrons. The Morgan fingerprint density at radius 1 is 1.27 bits per heavy atom. The molecule has 1 fully saturated rings. The molecule has 1 aromatic rings. The first-order valence-corrected chi connectivity index (χ1v) is 5.59. The second-order valence-corrected chi connectivity index (χ2v) is 4.17. The van der Waals surface area contributed by atoms with Crippen molar-refractivity contribution in [3.8, 4) is 5.75 Å². The second-order valence-electron chi connectivity index (χ2n) is 4.17. The van der Waals surface area contributed by atoms with Gasteiger partial charge in [-0.1, -0.05) is 12.1 Å². The van der Waals surface area contributed by atoms with Gasteiger partial charge in [-0.15, -0.1) is 0 Å². The first kappa shape index (κ1) is 10.5. The molecule has 15 heavy (non-hydrogen) atoms. The normalized spacial score (nSPS) is 17.7. The van der Waals surface area contributed by atoms with Crippen molar-refractivity contribution < 1.29 is 4.74 Å². The highest BCUT2D eigenvalue weighted by molar-refractivity contribution is 5.37. The minimum atomic E-state index is 0.701. The van der Waals surface area contributed by atoms with Gasteiger partial charge < -0.3 is 4.74 Å². The number of piperidine rings is 1. The third-order valence-electron chi connectivity index (χ3n) is 3.16. The molecule has 0 aromatic heterocycles. The lowest BCUT2D eigenvalue weighted by atomic mass is 9.89. The SMILES string of the molecule is COc1ccc(C2CC[N]CC2)cc1C. The highest BCUT2D eigenvalue weighted by Gasteiger charge is 2.16. The van der Waals surface area contributed by atoms with E-state index < -0.39 is 0 Å². The number of nitrogens with zero attached hydrogens (tertiary/aromatic N) is 1. The number of ether oxygens (including phenoxy) is 1. The van der Waals surface area contributed by atoms with E-state index in [0.29, 0.717) is 5.92 Å². The molecule has 0 N–H and O–H groups in total. The number of benzene rings is 1. The smallest absolute Gasteiger partial charge is 0.121 e. The van der Waals surface area contributed by atoms with Crippen molar-refractivity contribution >= 4 is 0 Å². The fourth-order valence-electron chi connectivity index (χ4n) is 2.24. The molecule has 2 heteroatoms. The molecule has 1 radical (unpaired) electrons. The zero-order valence-electron chi connectivity index (χ0n) is 9.49. The maximum atomic E-state index is 5.27. The number of hydrogen-bond donors (Lipinski definition) is 0. The Morgan fingerprint density at radius 2 is 2.00 bits per heavy atom. The van der Waals surface area contributed by atoms with Crippen LogP contribution in [0, 0.1) is 6.92 Å². The molecular formula is C13H18NO. The molecule has 0 atom stereocenters. The fraction of sp³-hybridized carbons (Fsp3) is 0.538. The van der Waals surface area contributed by atoms with Gasteiger partial charge in [-0.2, -0.15) is 0 Å². The third kappa shape index (κ3) is 2.32. The van der Waals surface area contributed by atoms with Gasteiger partial charge in [-0.05, 0) is 42.9 Å². The largest absolute Gasteiger partial charge is 0.496 e. The number of aryl methyl sites for hydroxylation is 1. The highest BCUT2D eigenvalue weighted by Crippen LogP contribution is 2.29. The Balaban J connectivity index is 2.17. The number of rotatable bonds is 2. The predicted molar refractivity (Wildman–Crippen MR) is 61.6 cm³/mol. The van der Waals surface area contributed by atoms with Gasteiger partial charge in [-0.3, -0.25) is 0 Å².